The Kier molecular flexibility index (Phi) is 3.55. The number of rotatable bonds is 3. The minimum atomic E-state index is 0.599. The van der Waals surface area contributed by atoms with Crippen LogP contribution in [0, 0.1) is 0 Å². The first-order chi connectivity index (χ1) is 6.33. The molecule has 0 saturated heterocycles. The van der Waals surface area contributed by atoms with Gasteiger partial charge in [-0.1, -0.05) is 6.07 Å². The molecule has 0 radical (unpaired) electrons. The summed E-state index contributed by atoms with van der Waals surface area (Å²) >= 11 is 1.49. The van der Waals surface area contributed by atoms with E-state index in [0.29, 0.717) is 5.69 Å². The highest BCUT2D eigenvalue weighted by atomic mass is 32.2. The molecule has 13 heavy (non-hydrogen) atoms. The molecule has 0 N–H and O–H groups in total. The lowest BCUT2D eigenvalue weighted by Gasteiger charge is -2.06. The highest BCUT2D eigenvalue weighted by Crippen LogP contribution is 2.35. The van der Waals surface area contributed by atoms with Gasteiger partial charge in [-0.3, -0.25) is 0 Å². The number of carbonyl (C=O) groups excluding carboxylic acids is 1. The van der Waals surface area contributed by atoms with Crippen molar-refractivity contribution in [3.05, 3.63) is 18.2 Å². The van der Waals surface area contributed by atoms with E-state index in [2.05, 4.69) is 4.99 Å². The van der Waals surface area contributed by atoms with Gasteiger partial charge in [0.15, 0.2) is 0 Å². The zero-order chi connectivity index (χ0) is 9.68. The maximum absolute atomic E-state index is 10.1. The Hall–Kier alpha value is -1.25. The summed E-state index contributed by atoms with van der Waals surface area (Å²) in [6, 6.07) is 5.36. The Morgan fingerprint density at radius 1 is 1.54 bits per heavy atom. The first-order valence-electron chi connectivity index (χ1n) is 3.62. The number of benzene rings is 1. The largest absolute Gasteiger partial charge is 0.496 e. The van der Waals surface area contributed by atoms with Gasteiger partial charge in [-0.25, -0.2) is 4.79 Å². The summed E-state index contributed by atoms with van der Waals surface area (Å²) in [5.74, 6) is 0.726. The van der Waals surface area contributed by atoms with Gasteiger partial charge in [-0.15, -0.1) is 11.8 Å². The molecule has 1 aromatic carbocycles. The van der Waals surface area contributed by atoms with Crippen LogP contribution < -0.4 is 4.74 Å². The molecule has 0 fully saturated rings. The number of nitrogens with zero attached hydrogens (tertiary/aromatic N) is 1. The standard InChI is InChI=1S/C9H9NO2S/c1-12-8-5-3-4-7(10-6-11)9(8)13-2/h3-5H,1-2H3. The van der Waals surface area contributed by atoms with E-state index in [0.717, 1.165) is 10.6 Å². The molecule has 0 aliphatic carbocycles. The molecule has 1 aromatic rings. The Balaban J connectivity index is 3.26. The van der Waals surface area contributed by atoms with Crippen molar-refractivity contribution in [1.82, 2.24) is 0 Å². The quantitative estimate of drug-likeness (QED) is 0.422. The second kappa shape index (κ2) is 4.70. The van der Waals surface area contributed by atoms with E-state index in [-0.39, 0.29) is 0 Å². The Labute approximate surface area is 80.8 Å². The van der Waals surface area contributed by atoms with Gasteiger partial charge in [0.05, 0.1) is 17.7 Å². The van der Waals surface area contributed by atoms with Crippen molar-refractivity contribution in [2.24, 2.45) is 4.99 Å². The van der Waals surface area contributed by atoms with Crippen LogP contribution in [0.5, 0.6) is 5.75 Å². The summed E-state index contributed by atoms with van der Waals surface area (Å²) in [5.41, 5.74) is 0.599. The molecule has 4 heteroatoms. The lowest BCUT2D eigenvalue weighted by atomic mass is 10.3. The van der Waals surface area contributed by atoms with Crippen molar-refractivity contribution in [3.63, 3.8) is 0 Å². The van der Waals surface area contributed by atoms with Crippen LogP contribution in [-0.4, -0.2) is 19.4 Å². The molecule has 0 bridgehead atoms. The summed E-state index contributed by atoms with van der Waals surface area (Å²) in [6.07, 6.45) is 3.42. The third kappa shape index (κ3) is 2.11. The van der Waals surface area contributed by atoms with Gasteiger partial charge < -0.3 is 4.74 Å². The predicted molar refractivity (Wildman–Crippen MR) is 52.6 cm³/mol. The van der Waals surface area contributed by atoms with E-state index in [1.165, 1.54) is 17.8 Å². The molecule has 0 atom stereocenters. The molecular formula is C9H9NO2S. The minimum Gasteiger partial charge on any atom is -0.496 e. The molecule has 1 rings (SSSR count). The number of ether oxygens (including phenoxy) is 1. The average molecular weight is 195 g/mol. The molecule has 0 spiro atoms. The molecule has 0 amide bonds. The molecule has 0 heterocycles. The van der Waals surface area contributed by atoms with Crippen LogP contribution >= 0.6 is 11.8 Å². The van der Waals surface area contributed by atoms with Crippen LogP contribution in [0.15, 0.2) is 28.1 Å². The van der Waals surface area contributed by atoms with Crippen LogP contribution in [-0.2, 0) is 4.79 Å². The van der Waals surface area contributed by atoms with Crippen molar-refractivity contribution in [1.29, 1.82) is 0 Å². The lowest BCUT2D eigenvalue weighted by molar-refractivity contribution is 0.405. The number of isocyanates is 1. The average Bonchev–Trinajstić information content (AvgIpc) is 2.18. The Morgan fingerprint density at radius 2 is 2.31 bits per heavy atom. The van der Waals surface area contributed by atoms with Crippen molar-refractivity contribution >= 4 is 23.5 Å². The monoisotopic (exact) mass is 195 g/mol. The predicted octanol–water partition coefficient (Wildman–Crippen LogP) is 2.38. The first-order valence-corrected chi connectivity index (χ1v) is 4.84. The molecule has 0 unspecified atom stereocenters. The van der Waals surface area contributed by atoms with Crippen LogP contribution in [0.25, 0.3) is 0 Å². The van der Waals surface area contributed by atoms with Crippen LogP contribution in [0.1, 0.15) is 0 Å². The summed E-state index contributed by atoms with van der Waals surface area (Å²) in [4.78, 5) is 14.5. The molecule has 0 aliphatic heterocycles. The maximum atomic E-state index is 10.1. The molecule has 68 valence electrons. The van der Waals surface area contributed by atoms with Crippen LogP contribution in [0.3, 0.4) is 0 Å². The maximum Gasteiger partial charge on any atom is 0.240 e. The zero-order valence-corrected chi connectivity index (χ0v) is 8.22. The van der Waals surface area contributed by atoms with Gasteiger partial charge in [-0.05, 0) is 18.4 Å². The summed E-state index contributed by atoms with van der Waals surface area (Å²) in [5, 5.41) is 0. The Morgan fingerprint density at radius 3 is 2.85 bits per heavy atom. The first kappa shape index (κ1) is 9.84. The lowest BCUT2D eigenvalue weighted by Crippen LogP contribution is -1.85. The summed E-state index contributed by atoms with van der Waals surface area (Å²) in [7, 11) is 1.59. The fraction of sp³-hybridized carbons (Fsp3) is 0.222. The summed E-state index contributed by atoms with van der Waals surface area (Å²) < 4.78 is 5.11. The van der Waals surface area contributed by atoms with Crippen molar-refractivity contribution in [2.75, 3.05) is 13.4 Å². The summed E-state index contributed by atoms with van der Waals surface area (Å²) in [6.45, 7) is 0. The molecule has 0 aromatic heterocycles. The fourth-order valence-corrected chi connectivity index (χ4v) is 1.68. The Bertz CT molecular complexity index is 345. The van der Waals surface area contributed by atoms with E-state index >= 15 is 0 Å². The third-order valence-electron chi connectivity index (χ3n) is 1.55. The van der Waals surface area contributed by atoms with Crippen LogP contribution in [0.2, 0.25) is 0 Å². The van der Waals surface area contributed by atoms with E-state index in [4.69, 9.17) is 4.74 Å². The second-order valence-corrected chi connectivity index (χ2v) is 3.03. The third-order valence-corrected chi connectivity index (χ3v) is 2.37. The van der Waals surface area contributed by atoms with Gasteiger partial charge in [0.1, 0.15) is 5.75 Å². The van der Waals surface area contributed by atoms with E-state index < -0.39 is 0 Å². The van der Waals surface area contributed by atoms with Gasteiger partial charge >= 0.3 is 0 Å². The van der Waals surface area contributed by atoms with E-state index in [1.807, 2.05) is 12.3 Å². The van der Waals surface area contributed by atoms with Crippen LogP contribution in [0.4, 0.5) is 5.69 Å². The minimum absolute atomic E-state index is 0.599. The number of hydrogen-bond acceptors (Lipinski definition) is 4. The SMILES string of the molecule is COc1cccc(N=C=O)c1SC. The van der Waals surface area contributed by atoms with Crippen molar-refractivity contribution in [3.8, 4) is 5.75 Å². The molecular weight excluding hydrogens is 186 g/mol. The van der Waals surface area contributed by atoms with E-state index in [1.54, 1.807) is 19.2 Å². The smallest absolute Gasteiger partial charge is 0.240 e. The number of thioether (sulfide) groups is 1. The van der Waals surface area contributed by atoms with Gasteiger partial charge in [0.2, 0.25) is 6.08 Å². The van der Waals surface area contributed by atoms with Crippen molar-refractivity contribution < 1.29 is 9.53 Å². The number of aliphatic imine (C=N–C) groups is 1. The normalized spacial score (nSPS) is 9.08. The molecule has 0 saturated carbocycles. The topological polar surface area (TPSA) is 38.7 Å². The van der Waals surface area contributed by atoms with Gasteiger partial charge in [0.25, 0.3) is 0 Å². The van der Waals surface area contributed by atoms with Gasteiger partial charge in [0, 0.05) is 0 Å². The number of hydrogen-bond donors (Lipinski definition) is 0. The highest BCUT2D eigenvalue weighted by Gasteiger charge is 2.06. The molecule has 0 aliphatic rings. The van der Waals surface area contributed by atoms with Gasteiger partial charge in [-0.2, -0.15) is 4.99 Å². The van der Waals surface area contributed by atoms with Crippen molar-refractivity contribution in [2.45, 2.75) is 4.90 Å². The van der Waals surface area contributed by atoms with E-state index in [9.17, 15) is 4.79 Å². The number of methoxy groups -OCH3 is 1. The fourth-order valence-electron chi connectivity index (χ4n) is 1.01. The highest BCUT2D eigenvalue weighted by molar-refractivity contribution is 7.98. The second-order valence-electron chi connectivity index (χ2n) is 2.22. The molecule has 3 nitrogen and oxygen atoms in total. The zero-order valence-electron chi connectivity index (χ0n) is 7.40.